The summed E-state index contributed by atoms with van der Waals surface area (Å²) in [6.07, 6.45) is 1.54. The summed E-state index contributed by atoms with van der Waals surface area (Å²) in [7, 11) is 1.53. The maximum atomic E-state index is 6.06. The van der Waals surface area contributed by atoms with Crippen molar-refractivity contribution in [2.45, 2.75) is 13.0 Å². The molecule has 0 radical (unpaired) electrons. The van der Waals surface area contributed by atoms with E-state index in [2.05, 4.69) is 27.1 Å². The van der Waals surface area contributed by atoms with E-state index in [9.17, 15) is 0 Å². The molecule has 7 heteroatoms. The van der Waals surface area contributed by atoms with Crippen molar-refractivity contribution in [2.24, 2.45) is 0 Å². The largest absolute Gasteiger partial charge is 0.467 e. The highest BCUT2D eigenvalue weighted by molar-refractivity contribution is 6.32. The van der Waals surface area contributed by atoms with Crippen LogP contribution in [0.25, 0.3) is 0 Å². The number of anilines is 1. The number of aromatic nitrogens is 2. The Morgan fingerprint density at radius 2 is 2.26 bits per heavy atom. The molecule has 1 saturated heterocycles. The molecule has 1 aromatic heterocycles. The summed E-state index contributed by atoms with van der Waals surface area (Å²) in [5.74, 6) is 0.606. The van der Waals surface area contributed by atoms with Crippen molar-refractivity contribution in [1.82, 2.24) is 14.9 Å². The van der Waals surface area contributed by atoms with Gasteiger partial charge in [-0.3, -0.25) is 4.90 Å². The molecule has 2 heterocycles. The predicted molar refractivity (Wildman–Crippen MR) is 73.9 cm³/mol. The molecule has 1 aromatic rings. The first-order chi connectivity index (χ1) is 9.19. The number of morpholine rings is 1. The van der Waals surface area contributed by atoms with Gasteiger partial charge in [0.15, 0.2) is 5.82 Å². The van der Waals surface area contributed by atoms with Crippen LogP contribution >= 0.6 is 11.6 Å². The third-order valence-corrected chi connectivity index (χ3v) is 3.20. The van der Waals surface area contributed by atoms with Crippen LogP contribution in [0.4, 0.5) is 5.82 Å². The third kappa shape index (κ3) is 4.19. The summed E-state index contributed by atoms with van der Waals surface area (Å²) >= 11 is 6.06. The Bertz CT molecular complexity index is 413. The molecule has 0 spiro atoms. The Morgan fingerprint density at radius 1 is 1.53 bits per heavy atom. The molecule has 0 saturated carbocycles. The van der Waals surface area contributed by atoms with Crippen molar-refractivity contribution in [2.75, 3.05) is 45.3 Å². The first kappa shape index (κ1) is 14.3. The number of methoxy groups -OCH3 is 1. The molecule has 2 rings (SSSR count). The minimum Gasteiger partial charge on any atom is -0.467 e. The smallest absolute Gasteiger partial charge is 0.318 e. The molecule has 1 aliphatic rings. The Morgan fingerprint density at radius 3 is 2.95 bits per heavy atom. The normalized spacial score (nSPS) is 18.1. The van der Waals surface area contributed by atoms with E-state index < -0.39 is 0 Å². The van der Waals surface area contributed by atoms with Gasteiger partial charge in [-0.05, 0) is 6.92 Å². The zero-order valence-corrected chi connectivity index (χ0v) is 12.0. The van der Waals surface area contributed by atoms with Gasteiger partial charge in [-0.15, -0.1) is 0 Å². The average molecular weight is 287 g/mol. The fourth-order valence-electron chi connectivity index (χ4n) is 2.00. The number of ether oxygens (including phenoxy) is 2. The van der Waals surface area contributed by atoms with Gasteiger partial charge in [-0.2, -0.15) is 4.98 Å². The Kier molecular flexibility index (Phi) is 5.18. The van der Waals surface area contributed by atoms with Crippen LogP contribution < -0.4 is 10.1 Å². The van der Waals surface area contributed by atoms with Crippen molar-refractivity contribution in [3.8, 4) is 6.01 Å². The molecule has 6 nitrogen and oxygen atoms in total. The summed E-state index contributed by atoms with van der Waals surface area (Å²) in [4.78, 5) is 10.5. The monoisotopic (exact) mass is 286 g/mol. The molecule has 0 bridgehead atoms. The molecule has 1 aliphatic heterocycles. The van der Waals surface area contributed by atoms with Gasteiger partial charge in [-0.25, -0.2) is 4.98 Å². The van der Waals surface area contributed by atoms with Crippen molar-refractivity contribution in [3.63, 3.8) is 0 Å². The van der Waals surface area contributed by atoms with E-state index in [0.717, 1.165) is 32.8 Å². The Labute approximate surface area is 118 Å². The number of nitrogens with one attached hydrogen (secondary N) is 1. The molecule has 1 N–H and O–H groups in total. The molecular formula is C12H19ClN4O2. The second-order valence-electron chi connectivity index (χ2n) is 4.51. The highest BCUT2D eigenvalue weighted by Gasteiger charge is 2.15. The number of rotatable bonds is 5. The van der Waals surface area contributed by atoms with Gasteiger partial charge in [0.05, 0.1) is 26.5 Å². The third-order valence-electron chi connectivity index (χ3n) is 2.92. The highest BCUT2D eigenvalue weighted by atomic mass is 35.5. The van der Waals surface area contributed by atoms with E-state index in [1.807, 2.05) is 0 Å². The van der Waals surface area contributed by atoms with E-state index in [0.29, 0.717) is 16.9 Å². The summed E-state index contributed by atoms with van der Waals surface area (Å²) in [5.41, 5.74) is 0. The number of hydrogen-bond acceptors (Lipinski definition) is 6. The van der Waals surface area contributed by atoms with Gasteiger partial charge in [0, 0.05) is 25.7 Å². The summed E-state index contributed by atoms with van der Waals surface area (Å²) in [5, 5.41) is 3.78. The molecular weight excluding hydrogens is 268 g/mol. The molecule has 0 aromatic carbocycles. The molecule has 19 heavy (non-hydrogen) atoms. The van der Waals surface area contributed by atoms with Crippen LogP contribution in [-0.2, 0) is 4.74 Å². The lowest BCUT2D eigenvalue weighted by Crippen LogP contribution is -2.42. The van der Waals surface area contributed by atoms with Crippen molar-refractivity contribution in [1.29, 1.82) is 0 Å². The summed E-state index contributed by atoms with van der Waals surface area (Å²) in [6, 6.07) is 0.542. The van der Waals surface area contributed by atoms with E-state index in [1.165, 1.54) is 13.3 Å². The van der Waals surface area contributed by atoms with E-state index in [4.69, 9.17) is 21.1 Å². The van der Waals surface area contributed by atoms with Crippen LogP contribution in [0.2, 0.25) is 5.02 Å². The maximum Gasteiger partial charge on any atom is 0.318 e. The summed E-state index contributed by atoms with van der Waals surface area (Å²) in [6.45, 7) is 6.55. The van der Waals surface area contributed by atoms with Gasteiger partial charge in [-0.1, -0.05) is 11.6 Å². The lowest BCUT2D eigenvalue weighted by atomic mass is 10.3. The number of nitrogens with zero attached hydrogens (tertiary/aromatic N) is 3. The molecule has 1 unspecified atom stereocenters. The van der Waals surface area contributed by atoms with Crippen LogP contribution in [0.3, 0.4) is 0 Å². The standard InChI is InChI=1S/C12H19ClN4O2/c1-9(8-17-3-5-19-6-4-17)15-11-10(13)7-14-12(16-11)18-2/h7,9H,3-6,8H2,1-2H3,(H,14,15,16). The number of halogens is 1. The van der Waals surface area contributed by atoms with Crippen LogP contribution in [0.15, 0.2) is 6.20 Å². The van der Waals surface area contributed by atoms with Gasteiger partial charge in [0.2, 0.25) is 0 Å². The van der Waals surface area contributed by atoms with Gasteiger partial charge in [0.25, 0.3) is 0 Å². The van der Waals surface area contributed by atoms with Crippen LogP contribution in [0, 0.1) is 0 Å². The first-order valence-electron chi connectivity index (χ1n) is 6.32. The lowest BCUT2D eigenvalue weighted by molar-refractivity contribution is 0.0368. The van der Waals surface area contributed by atoms with E-state index in [1.54, 1.807) is 0 Å². The molecule has 0 amide bonds. The topological polar surface area (TPSA) is 59.5 Å². The first-order valence-corrected chi connectivity index (χ1v) is 6.70. The van der Waals surface area contributed by atoms with Gasteiger partial charge >= 0.3 is 6.01 Å². The zero-order chi connectivity index (χ0) is 13.7. The quantitative estimate of drug-likeness (QED) is 0.880. The molecule has 1 atom stereocenters. The second-order valence-corrected chi connectivity index (χ2v) is 4.92. The van der Waals surface area contributed by atoms with Gasteiger partial charge in [0.1, 0.15) is 5.02 Å². The molecule has 0 aliphatic carbocycles. The maximum absolute atomic E-state index is 6.06. The SMILES string of the molecule is COc1ncc(Cl)c(NC(C)CN2CCOCC2)n1. The van der Waals surface area contributed by atoms with Gasteiger partial charge < -0.3 is 14.8 Å². The fourth-order valence-corrected chi connectivity index (χ4v) is 2.15. The molecule has 1 fully saturated rings. The average Bonchev–Trinajstić information content (AvgIpc) is 2.42. The van der Waals surface area contributed by atoms with E-state index in [-0.39, 0.29) is 6.04 Å². The molecule has 106 valence electrons. The summed E-state index contributed by atoms with van der Waals surface area (Å²) < 4.78 is 10.3. The van der Waals surface area contributed by atoms with Crippen LogP contribution in [0.5, 0.6) is 6.01 Å². The Hall–Kier alpha value is -1.11. The zero-order valence-electron chi connectivity index (χ0n) is 11.2. The minimum absolute atomic E-state index is 0.232. The predicted octanol–water partition coefficient (Wildman–Crippen LogP) is 1.27. The lowest BCUT2D eigenvalue weighted by Gasteiger charge is -2.29. The fraction of sp³-hybridized carbons (Fsp3) is 0.667. The van der Waals surface area contributed by atoms with Crippen LogP contribution in [0.1, 0.15) is 6.92 Å². The number of hydrogen-bond donors (Lipinski definition) is 1. The van der Waals surface area contributed by atoms with Crippen molar-refractivity contribution in [3.05, 3.63) is 11.2 Å². The minimum atomic E-state index is 0.232. The van der Waals surface area contributed by atoms with Crippen molar-refractivity contribution < 1.29 is 9.47 Å². The van der Waals surface area contributed by atoms with Crippen molar-refractivity contribution >= 4 is 17.4 Å². The highest BCUT2D eigenvalue weighted by Crippen LogP contribution is 2.21. The second kappa shape index (κ2) is 6.88. The Balaban J connectivity index is 1.92. The van der Waals surface area contributed by atoms with Crippen LogP contribution in [-0.4, -0.2) is 60.9 Å². The van der Waals surface area contributed by atoms with E-state index >= 15 is 0 Å².